The number of aryl methyl sites for hydroxylation is 1. The Hall–Kier alpha value is -1.33. The molecule has 0 bridgehead atoms. The molecule has 0 aliphatic rings. The van der Waals surface area contributed by atoms with Crippen LogP contribution in [0.3, 0.4) is 0 Å². The molecule has 0 atom stereocenters. The van der Waals surface area contributed by atoms with E-state index in [9.17, 15) is 8.42 Å². The van der Waals surface area contributed by atoms with Crippen LogP contribution in [0.2, 0.25) is 0 Å². The summed E-state index contributed by atoms with van der Waals surface area (Å²) in [5, 5.41) is 0. The second-order valence-electron chi connectivity index (χ2n) is 4.81. The minimum absolute atomic E-state index is 0.315. The molecule has 0 aliphatic carbocycles. The number of nitrogens with two attached hydrogens (primary N) is 1. The Morgan fingerprint density at radius 2 is 1.95 bits per heavy atom. The first-order valence-electron chi connectivity index (χ1n) is 6.22. The summed E-state index contributed by atoms with van der Waals surface area (Å²) in [4.78, 5) is 0.315. The van der Waals surface area contributed by atoms with E-state index in [2.05, 4.69) is 6.58 Å². The topological polar surface area (TPSA) is 63.4 Å². The molecule has 1 aromatic carbocycles. The van der Waals surface area contributed by atoms with Gasteiger partial charge in [-0.3, -0.25) is 0 Å². The highest BCUT2D eigenvalue weighted by Gasteiger charge is 2.27. The highest BCUT2D eigenvalue weighted by Crippen LogP contribution is 2.27. The largest absolute Gasteiger partial charge is 0.398 e. The standard InChI is InChI=1S/C14H22N2O2S/c1-6-16(9-10(2)3)19(17,18)14-11(4)7-8-13(15)12(14)5/h7-8H,2,6,9,15H2,1,3-5H3. The van der Waals surface area contributed by atoms with Gasteiger partial charge in [0.25, 0.3) is 0 Å². The molecule has 0 saturated heterocycles. The molecule has 19 heavy (non-hydrogen) atoms. The number of hydrogen-bond donors (Lipinski definition) is 1. The summed E-state index contributed by atoms with van der Waals surface area (Å²) in [5.74, 6) is 0. The Morgan fingerprint density at radius 1 is 1.37 bits per heavy atom. The number of benzene rings is 1. The highest BCUT2D eigenvalue weighted by molar-refractivity contribution is 7.89. The van der Waals surface area contributed by atoms with Gasteiger partial charge in [-0.05, 0) is 38.0 Å². The molecule has 0 unspecified atom stereocenters. The van der Waals surface area contributed by atoms with Crippen molar-refractivity contribution in [2.24, 2.45) is 0 Å². The van der Waals surface area contributed by atoms with E-state index >= 15 is 0 Å². The Balaban J connectivity index is 3.42. The summed E-state index contributed by atoms with van der Waals surface area (Å²) in [6.07, 6.45) is 0. The van der Waals surface area contributed by atoms with Crippen LogP contribution in [0.1, 0.15) is 25.0 Å². The zero-order chi connectivity index (χ0) is 14.8. The van der Waals surface area contributed by atoms with Crippen molar-refractivity contribution in [1.82, 2.24) is 4.31 Å². The van der Waals surface area contributed by atoms with E-state index in [0.29, 0.717) is 34.8 Å². The van der Waals surface area contributed by atoms with Crippen molar-refractivity contribution in [3.05, 3.63) is 35.4 Å². The summed E-state index contributed by atoms with van der Waals surface area (Å²) in [6.45, 7) is 11.7. The second kappa shape index (κ2) is 5.75. The van der Waals surface area contributed by atoms with Crippen LogP contribution in [0, 0.1) is 13.8 Å². The highest BCUT2D eigenvalue weighted by atomic mass is 32.2. The number of nitrogens with zero attached hydrogens (tertiary/aromatic N) is 1. The lowest BCUT2D eigenvalue weighted by Crippen LogP contribution is -2.33. The number of likely N-dealkylation sites (N-methyl/N-ethyl adjacent to an activating group) is 1. The smallest absolute Gasteiger partial charge is 0.243 e. The van der Waals surface area contributed by atoms with Crippen LogP contribution in [-0.2, 0) is 10.0 Å². The van der Waals surface area contributed by atoms with Gasteiger partial charge in [-0.1, -0.05) is 25.1 Å². The van der Waals surface area contributed by atoms with Crippen molar-refractivity contribution in [1.29, 1.82) is 0 Å². The first kappa shape index (κ1) is 15.7. The van der Waals surface area contributed by atoms with Crippen molar-refractivity contribution < 1.29 is 8.42 Å². The SMILES string of the molecule is C=C(C)CN(CC)S(=O)(=O)c1c(C)ccc(N)c1C. The number of anilines is 1. The summed E-state index contributed by atoms with van der Waals surface area (Å²) in [6, 6.07) is 3.47. The van der Waals surface area contributed by atoms with Gasteiger partial charge < -0.3 is 5.73 Å². The van der Waals surface area contributed by atoms with Crippen molar-refractivity contribution in [2.45, 2.75) is 32.6 Å². The van der Waals surface area contributed by atoms with Gasteiger partial charge in [0.1, 0.15) is 0 Å². The van der Waals surface area contributed by atoms with Gasteiger partial charge in [0.05, 0.1) is 4.90 Å². The van der Waals surface area contributed by atoms with Crippen molar-refractivity contribution in [3.8, 4) is 0 Å². The van der Waals surface area contributed by atoms with Crippen LogP contribution in [0.5, 0.6) is 0 Å². The van der Waals surface area contributed by atoms with Gasteiger partial charge in [-0.2, -0.15) is 4.31 Å². The Bertz CT molecular complexity index is 592. The second-order valence-corrected chi connectivity index (χ2v) is 6.69. The first-order chi connectivity index (χ1) is 8.71. The number of hydrogen-bond acceptors (Lipinski definition) is 3. The lowest BCUT2D eigenvalue weighted by Gasteiger charge is -2.23. The lowest BCUT2D eigenvalue weighted by atomic mass is 10.1. The maximum absolute atomic E-state index is 12.7. The van der Waals surface area contributed by atoms with Crippen LogP contribution in [-0.4, -0.2) is 25.8 Å². The van der Waals surface area contributed by atoms with Crippen LogP contribution in [0.25, 0.3) is 0 Å². The molecule has 5 heteroatoms. The molecule has 0 aromatic heterocycles. The van der Waals surface area contributed by atoms with Crippen molar-refractivity contribution in [3.63, 3.8) is 0 Å². The fourth-order valence-corrected chi connectivity index (χ4v) is 4.00. The van der Waals surface area contributed by atoms with Gasteiger partial charge in [0.2, 0.25) is 10.0 Å². The molecule has 2 N–H and O–H groups in total. The van der Waals surface area contributed by atoms with E-state index in [0.717, 1.165) is 5.57 Å². The van der Waals surface area contributed by atoms with Crippen LogP contribution < -0.4 is 5.73 Å². The van der Waals surface area contributed by atoms with Crippen LogP contribution in [0.15, 0.2) is 29.2 Å². The third-order valence-electron chi connectivity index (χ3n) is 3.04. The number of rotatable bonds is 5. The molecule has 0 fully saturated rings. The molecule has 0 spiro atoms. The Kier molecular flexibility index (Phi) is 4.76. The Labute approximate surface area is 116 Å². The van der Waals surface area contributed by atoms with E-state index in [-0.39, 0.29) is 0 Å². The molecule has 0 heterocycles. The third-order valence-corrected chi connectivity index (χ3v) is 5.25. The van der Waals surface area contributed by atoms with Crippen LogP contribution >= 0.6 is 0 Å². The quantitative estimate of drug-likeness (QED) is 0.666. The van der Waals surface area contributed by atoms with E-state index in [4.69, 9.17) is 5.73 Å². The summed E-state index contributed by atoms with van der Waals surface area (Å²) >= 11 is 0. The van der Waals surface area contributed by atoms with Gasteiger partial charge in [-0.15, -0.1) is 0 Å². The fraction of sp³-hybridized carbons (Fsp3) is 0.429. The van der Waals surface area contributed by atoms with E-state index in [1.165, 1.54) is 4.31 Å². The first-order valence-corrected chi connectivity index (χ1v) is 7.66. The molecule has 0 saturated carbocycles. The Morgan fingerprint density at radius 3 is 2.42 bits per heavy atom. The molecule has 0 amide bonds. The van der Waals surface area contributed by atoms with Crippen molar-refractivity contribution >= 4 is 15.7 Å². The van der Waals surface area contributed by atoms with Gasteiger partial charge in [-0.25, -0.2) is 8.42 Å². The molecular weight excluding hydrogens is 260 g/mol. The zero-order valence-corrected chi connectivity index (χ0v) is 12.8. The molecule has 0 radical (unpaired) electrons. The molecule has 106 valence electrons. The summed E-state index contributed by atoms with van der Waals surface area (Å²) < 4.78 is 26.9. The molecule has 1 rings (SSSR count). The third kappa shape index (κ3) is 3.16. The minimum Gasteiger partial charge on any atom is -0.398 e. The van der Waals surface area contributed by atoms with E-state index in [1.807, 2.05) is 13.8 Å². The number of sulfonamides is 1. The maximum atomic E-state index is 12.7. The number of nitrogen functional groups attached to an aromatic ring is 1. The summed E-state index contributed by atoms with van der Waals surface area (Å²) in [7, 11) is -3.54. The minimum atomic E-state index is -3.54. The van der Waals surface area contributed by atoms with E-state index in [1.54, 1.807) is 26.0 Å². The average molecular weight is 282 g/mol. The fourth-order valence-electron chi connectivity index (χ4n) is 2.04. The average Bonchev–Trinajstić information content (AvgIpc) is 2.30. The van der Waals surface area contributed by atoms with Gasteiger partial charge in [0.15, 0.2) is 0 Å². The van der Waals surface area contributed by atoms with Gasteiger partial charge in [0, 0.05) is 18.8 Å². The molecule has 4 nitrogen and oxygen atoms in total. The van der Waals surface area contributed by atoms with Gasteiger partial charge >= 0.3 is 0 Å². The summed E-state index contributed by atoms with van der Waals surface area (Å²) in [5.41, 5.74) is 8.46. The van der Waals surface area contributed by atoms with E-state index < -0.39 is 10.0 Å². The zero-order valence-electron chi connectivity index (χ0n) is 12.0. The lowest BCUT2D eigenvalue weighted by molar-refractivity contribution is 0.452. The normalized spacial score (nSPS) is 11.8. The molecular formula is C14H22N2O2S. The van der Waals surface area contributed by atoms with Crippen molar-refractivity contribution in [2.75, 3.05) is 18.8 Å². The monoisotopic (exact) mass is 282 g/mol. The predicted molar refractivity (Wildman–Crippen MR) is 79.6 cm³/mol. The molecule has 0 aliphatic heterocycles. The molecule has 1 aromatic rings. The predicted octanol–water partition coefficient (Wildman–Crippen LogP) is 2.47. The van der Waals surface area contributed by atoms with Crippen LogP contribution in [0.4, 0.5) is 5.69 Å². The maximum Gasteiger partial charge on any atom is 0.243 e.